The molecule has 0 aliphatic carbocycles. The number of halogens is 1. The molecule has 0 spiro atoms. The fourth-order valence-corrected chi connectivity index (χ4v) is 2.59. The van der Waals surface area contributed by atoms with E-state index in [1.54, 1.807) is 6.21 Å². The van der Waals surface area contributed by atoms with Crippen LogP contribution in [0.15, 0.2) is 40.5 Å². The first-order chi connectivity index (χ1) is 9.15. The summed E-state index contributed by atoms with van der Waals surface area (Å²) in [6.07, 6.45) is 1.57. The molecule has 0 radical (unpaired) electrons. The third-order valence-electron chi connectivity index (χ3n) is 2.28. The van der Waals surface area contributed by atoms with Gasteiger partial charge in [-0.05, 0) is 17.2 Å². The second-order valence-electron chi connectivity index (χ2n) is 3.72. The van der Waals surface area contributed by atoms with Gasteiger partial charge in [-0.1, -0.05) is 42.1 Å². The van der Waals surface area contributed by atoms with Crippen LogP contribution in [0, 0.1) is 0 Å². The molecule has 1 fully saturated rings. The maximum atomic E-state index is 11.5. The maximum Gasteiger partial charge on any atom is 0.240 e. The molecule has 0 saturated carbocycles. The Hall–Kier alpha value is -1.66. The highest BCUT2D eigenvalue weighted by Gasteiger charge is 2.31. The van der Waals surface area contributed by atoms with Gasteiger partial charge in [-0.25, -0.2) is 0 Å². The third kappa shape index (κ3) is 4.18. The standard InChI is InChI=1S/C12H10ClN3O2S/c13-10(17)6-9-11(18)15-12(19-9)16-14-7-8-4-2-1-3-5-8/h1-5,7,9H,6H2,(H,15,16,18)/b14-7+. The molecule has 1 heterocycles. The van der Waals surface area contributed by atoms with Crippen molar-refractivity contribution in [2.45, 2.75) is 11.7 Å². The first-order valence-corrected chi connectivity index (χ1v) is 6.73. The van der Waals surface area contributed by atoms with Crippen molar-refractivity contribution in [1.82, 2.24) is 5.32 Å². The van der Waals surface area contributed by atoms with Crippen LogP contribution in [0.5, 0.6) is 0 Å². The zero-order chi connectivity index (χ0) is 13.7. The molecule has 1 aromatic carbocycles. The number of amides is 1. The van der Waals surface area contributed by atoms with Crippen LogP contribution in [-0.4, -0.2) is 27.8 Å². The first kappa shape index (κ1) is 13.8. The highest BCUT2D eigenvalue weighted by atomic mass is 35.5. The molecule has 1 aromatic rings. The van der Waals surface area contributed by atoms with Gasteiger partial charge in [0.15, 0.2) is 5.17 Å². The van der Waals surface area contributed by atoms with Gasteiger partial charge >= 0.3 is 0 Å². The fourth-order valence-electron chi connectivity index (χ4n) is 1.42. The minimum Gasteiger partial charge on any atom is -0.303 e. The van der Waals surface area contributed by atoms with Gasteiger partial charge in [0.25, 0.3) is 0 Å². The van der Waals surface area contributed by atoms with E-state index in [0.717, 1.165) is 17.3 Å². The molecule has 0 bridgehead atoms. The number of nitrogens with zero attached hydrogens (tertiary/aromatic N) is 2. The lowest BCUT2D eigenvalue weighted by Gasteiger charge is -1.97. The first-order valence-electron chi connectivity index (χ1n) is 5.47. The molecule has 1 amide bonds. The number of carbonyl (C=O) groups is 2. The Kier molecular flexibility index (Phi) is 4.70. The number of carbonyl (C=O) groups excluding carboxylic acids is 2. The molecule has 1 aliphatic heterocycles. The van der Waals surface area contributed by atoms with Crippen molar-refractivity contribution in [2.24, 2.45) is 10.2 Å². The van der Waals surface area contributed by atoms with Crippen molar-refractivity contribution in [3.05, 3.63) is 35.9 Å². The summed E-state index contributed by atoms with van der Waals surface area (Å²) in [6.45, 7) is 0. The smallest absolute Gasteiger partial charge is 0.240 e. The van der Waals surface area contributed by atoms with Gasteiger partial charge in [0, 0.05) is 6.42 Å². The van der Waals surface area contributed by atoms with Crippen LogP contribution < -0.4 is 5.32 Å². The average molecular weight is 296 g/mol. The molecule has 1 N–H and O–H groups in total. The average Bonchev–Trinajstić information content (AvgIpc) is 2.70. The molecule has 1 unspecified atom stereocenters. The van der Waals surface area contributed by atoms with Gasteiger partial charge in [0.1, 0.15) is 0 Å². The van der Waals surface area contributed by atoms with Crippen molar-refractivity contribution in [2.75, 3.05) is 0 Å². The summed E-state index contributed by atoms with van der Waals surface area (Å²) in [6, 6.07) is 9.47. The molecular weight excluding hydrogens is 286 g/mol. The third-order valence-corrected chi connectivity index (χ3v) is 3.50. The summed E-state index contributed by atoms with van der Waals surface area (Å²) in [5.74, 6) is -0.271. The van der Waals surface area contributed by atoms with Gasteiger partial charge in [0.2, 0.25) is 11.1 Å². The van der Waals surface area contributed by atoms with Crippen LogP contribution in [0.25, 0.3) is 0 Å². The molecule has 7 heteroatoms. The largest absolute Gasteiger partial charge is 0.303 e. The molecule has 0 aromatic heterocycles. The van der Waals surface area contributed by atoms with Gasteiger partial charge in [-0.15, -0.1) is 5.10 Å². The molecule has 1 saturated heterocycles. The van der Waals surface area contributed by atoms with Gasteiger partial charge in [-0.3, -0.25) is 9.59 Å². The normalized spacial score (nSPS) is 21.0. The number of rotatable bonds is 4. The second-order valence-corrected chi connectivity index (χ2v) is 5.33. The Morgan fingerprint density at radius 1 is 1.42 bits per heavy atom. The highest BCUT2D eigenvalue weighted by Crippen LogP contribution is 2.23. The molecule has 1 atom stereocenters. The topological polar surface area (TPSA) is 70.9 Å². The van der Waals surface area contributed by atoms with Crippen LogP contribution in [0.1, 0.15) is 12.0 Å². The predicted octanol–water partition coefficient (Wildman–Crippen LogP) is 1.76. The van der Waals surface area contributed by atoms with Crippen LogP contribution in [0.3, 0.4) is 0 Å². The van der Waals surface area contributed by atoms with Crippen molar-refractivity contribution in [3.8, 4) is 0 Å². The van der Waals surface area contributed by atoms with Crippen LogP contribution in [0.2, 0.25) is 0 Å². The maximum absolute atomic E-state index is 11.5. The Morgan fingerprint density at radius 3 is 2.84 bits per heavy atom. The lowest BCUT2D eigenvalue weighted by Crippen LogP contribution is -2.25. The van der Waals surface area contributed by atoms with E-state index in [4.69, 9.17) is 11.6 Å². The minimum absolute atomic E-state index is 0.0144. The molecular formula is C12H10ClN3O2S. The van der Waals surface area contributed by atoms with Gasteiger partial charge < -0.3 is 5.32 Å². The van der Waals surface area contributed by atoms with Gasteiger partial charge in [-0.2, -0.15) is 5.10 Å². The molecule has 5 nitrogen and oxygen atoms in total. The summed E-state index contributed by atoms with van der Waals surface area (Å²) in [5.41, 5.74) is 0.911. The molecule has 2 rings (SSSR count). The number of amidine groups is 1. The van der Waals surface area contributed by atoms with Crippen molar-refractivity contribution < 1.29 is 9.59 Å². The van der Waals surface area contributed by atoms with E-state index >= 15 is 0 Å². The summed E-state index contributed by atoms with van der Waals surface area (Å²) in [7, 11) is 0. The summed E-state index contributed by atoms with van der Waals surface area (Å²) < 4.78 is 0. The number of hydrogen-bond acceptors (Lipinski definition) is 5. The molecule has 1 aliphatic rings. The van der Waals surface area contributed by atoms with Crippen molar-refractivity contribution >= 4 is 45.9 Å². The molecule has 98 valence electrons. The molecule has 19 heavy (non-hydrogen) atoms. The van der Waals surface area contributed by atoms with Crippen molar-refractivity contribution in [1.29, 1.82) is 0 Å². The predicted molar refractivity (Wildman–Crippen MR) is 76.5 cm³/mol. The zero-order valence-electron chi connectivity index (χ0n) is 9.75. The summed E-state index contributed by atoms with van der Waals surface area (Å²) in [4.78, 5) is 22.2. The van der Waals surface area contributed by atoms with Crippen molar-refractivity contribution in [3.63, 3.8) is 0 Å². The second kappa shape index (κ2) is 6.49. The van der Waals surface area contributed by atoms with E-state index in [2.05, 4.69) is 15.5 Å². The lowest BCUT2D eigenvalue weighted by molar-refractivity contribution is -0.121. The van der Waals surface area contributed by atoms with Crippen LogP contribution in [-0.2, 0) is 9.59 Å². The highest BCUT2D eigenvalue weighted by molar-refractivity contribution is 8.15. The number of benzene rings is 1. The Balaban J connectivity index is 1.96. The number of hydrogen-bond donors (Lipinski definition) is 1. The zero-order valence-corrected chi connectivity index (χ0v) is 11.3. The monoisotopic (exact) mass is 295 g/mol. The van der Waals surface area contributed by atoms with E-state index < -0.39 is 10.5 Å². The van der Waals surface area contributed by atoms with Gasteiger partial charge in [0.05, 0.1) is 11.5 Å². The van der Waals surface area contributed by atoms with E-state index in [0.29, 0.717) is 5.17 Å². The fraction of sp³-hybridized carbons (Fsp3) is 0.167. The van der Waals surface area contributed by atoms with E-state index in [1.165, 1.54) is 0 Å². The summed E-state index contributed by atoms with van der Waals surface area (Å²) in [5, 5.41) is 9.63. The SMILES string of the molecule is O=C(Cl)CC1S/C(=N\N=C\c2ccccc2)NC1=O. The van der Waals surface area contributed by atoms with E-state index in [1.807, 2.05) is 30.3 Å². The Morgan fingerprint density at radius 2 is 2.16 bits per heavy atom. The number of nitrogens with one attached hydrogen (secondary N) is 1. The lowest BCUT2D eigenvalue weighted by atomic mass is 10.2. The quantitative estimate of drug-likeness (QED) is 0.523. The number of thioether (sulfide) groups is 1. The van der Waals surface area contributed by atoms with Crippen LogP contribution >= 0.6 is 23.4 Å². The Bertz CT molecular complexity index is 545. The van der Waals surface area contributed by atoms with Crippen LogP contribution in [0.4, 0.5) is 0 Å². The van der Waals surface area contributed by atoms with E-state index in [-0.39, 0.29) is 12.3 Å². The summed E-state index contributed by atoms with van der Waals surface area (Å²) >= 11 is 6.41. The Labute approximate surface area is 119 Å². The van der Waals surface area contributed by atoms with E-state index in [9.17, 15) is 9.59 Å². The minimum atomic E-state index is -0.540.